The van der Waals surface area contributed by atoms with E-state index in [1.54, 1.807) is 13.2 Å². The molecule has 0 bridgehead atoms. The molecule has 0 saturated carbocycles. The molecule has 0 fully saturated rings. The first-order valence-electron chi connectivity index (χ1n) is 9.65. The Bertz CT molecular complexity index is 1160. The minimum Gasteiger partial charge on any atom is -0.493 e. The maximum atomic E-state index is 13.2. The van der Waals surface area contributed by atoms with E-state index >= 15 is 0 Å². The summed E-state index contributed by atoms with van der Waals surface area (Å²) in [6.07, 6.45) is -2.64. The molecule has 3 rings (SSSR count). The SMILES string of the molecule is COc1ccc(CCNc2ccc(C(F)(F)F)cc2N=Cc2ccc([N+](=O)[O-])s2)cc1OC. The number of rotatable bonds is 9. The van der Waals surface area contributed by atoms with Crippen LogP contribution in [0.25, 0.3) is 0 Å². The van der Waals surface area contributed by atoms with Crippen LogP contribution in [-0.4, -0.2) is 31.9 Å². The minimum atomic E-state index is -4.52. The van der Waals surface area contributed by atoms with Gasteiger partial charge < -0.3 is 14.8 Å². The number of nitrogens with one attached hydrogen (secondary N) is 1. The molecule has 0 aliphatic rings. The van der Waals surface area contributed by atoms with Crippen molar-refractivity contribution >= 4 is 33.9 Å². The zero-order valence-electron chi connectivity index (χ0n) is 17.7. The number of thiophene rings is 1. The molecular formula is C22H20F3N3O4S. The minimum absolute atomic E-state index is 0.0752. The van der Waals surface area contributed by atoms with Crippen LogP contribution in [0.2, 0.25) is 0 Å². The van der Waals surface area contributed by atoms with Crippen LogP contribution in [0.4, 0.5) is 29.5 Å². The highest BCUT2D eigenvalue weighted by atomic mass is 32.1. The summed E-state index contributed by atoms with van der Waals surface area (Å²) in [6.45, 7) is 0.424. The van der Waals surface area contributed by atoms with Crippen LogP contribution in [0.5, 0.6) is 11.5 Å². The van der Waals surface area contributed by atoms with E-state index in [9.17, 15) is 23.3 Å². The van der Waals surface area contributed by atoms with Gasteiger partial charge in [-0.2, -0.15) is 13.2 Å². The van der Waals surface area contributed by atoms with Gasteiger partial charge in [0.25, 0.3) is 0 Å². The summed E-state index contributed by atoms with van der Waals surface area (Å²) >= 11 is 0.884. The van der Waals surface area contributed by atoms with Crippen molar-refractivity contribution in [2.24, 2.45) is 4.99 Å². The van der Waals surface area contributed by atoms with E-state index in [-0.39, 0.29) is 10.7 Å². The van der Waals surface area contributed by atoms with Crippen molar-refractivity contribution in [3.05, 3.63) is 74.6 Å². The van der Waals surface area contributed by atoms with Crippen LogP contribution in [0, 0.1) is 10.1 Å². The van der Waals surface area contributed by atoms with Gasteiger partial charge in [-0.15, -0.1) is 0 Å². The molecule has 1 aromatic heterocycles. The summed E-state index contributed by atoms with van der Waals surface area (Å²) in [5.74, 6) is 1.18. The van der Waals surface area contributed by atoms with Crippen LogP contribution in [-0.2, 0) is 12.6 Å². The number of benzene rings is 2. The van der Waals surface area contributed by atoms with E-state index in [4.69, 9.17) is 9.47 Å². The number of anilines is 1. The topological polar surface area (TPSA) is 86.0 Å². The molecule has 2 aromatic carbocycles. The molecule has 0 radical (unpaired) electrons. The van der Waals surface area contributed by atoms with Crippen LogP contribution in [0.15, 0.2) is 53.5 Å². The Kier molecular flexibility index (Phi) is 7.54. The molecule has 0 amide bonds. The Balaban J connectivity index is 1.79. The van der Waals surface area contributed by atoms with E-state index in [0.717, 1.165) is 29.0 Å². The van der Waals surface area contributed by atoms with Crippen molar-refractivity contribution < 1.29 is 27.6 Å². The number of methoxy groups -OCH3 is 2. The molecule has 7 nitrogen and oxygen atoms in total. The van der Waals surface area contributed by atoms with E-state index in [2.05, 4.69) is 10.3 Å². The van der Waals surface area contributed by atoms with Gasteiger partial charge in [0.1, 0.15) is 0 Å². The van der Waals surface area contributed by atoms with Crippen molar-refractivity contribution in [3.8, 4) is 11.5 Å². The lowest BCUT2D eigenvalue weighted by molar-refractivity contribution is -0.380. The molecule has 0 atom stereocenters. The number of nitro groups is 1. The molecule has 11 heteroatoms. The van der Waals surface area contributed by atoms with Gasteiger partial charge in [0.2, 0.25) is 0 Å². The normalized spacial score (nSPS) is 11.5. The second-order valence-corrected chi connectivity index (χ2v) is 7.88. The fraction of sp³-hybridized carbons (Fsp3) is 0.227. The third kappa shape index (κ3) is 6.22. The van der Waals surface area contributed by atoms with Gasteiger partial charge >= 0.3 is 11.2 Å². The number of hydrogen-bond donors (Lipinski definition) is 1. The Morgan fingerprint density at radius 1 is 1.09 bits per heavy atom. The Hall–Kier alpha value is -3.60. The number of hydrogen-bond acceptors (Lipinski definition) is 7. The van der Waals surface area contributed by atoms with Gasteiger partial charge in [0.05, 0.1) is 41.0 Å². The summed E-state index contributed by atoms with van der Waals surface area (Å²) in [5.41, 5.74) is 0.597. The maximum absolute atomic E-state index is 13.2. The van der Waals surface area contributed by atoms with Crippen molar-refractivity contribution in [3.63, 3.8) is 0 Å². The van der Waals surface area contributed by atoms with Gasteiger partial charge in [-0.1, -0.05) is 17.4 Å². The van der Waals surface area contributed by atoms with Crippen molar-refractivity contribution in [1.29, 1.82) is 0 Å². The molecule has 174 valence electrons. The van der Waals surface area contributed by atoms with Crippen molar-refractivity contribution in [2.45, 2.75) is 12.6 Å². The van der Waals surface area contributed by atoms with Crippen LogP contribution < -0.4 is 14.8 Å². The number of halogens is 3. The first kappa shape index (κ1) is 24.1. The fourth-order valence-electron chi connectivity index (χ4n) is 2.98. The van der Waals surface area contributed by atoms with E-state index in [0.29, 0.717) is 35.0 Å². The van der Waals surface area contributed by atoms with Gasteiger partial charge in [0.15, 0.2) is 11.5 Å². The average Bonchev–Trinajstić information content (AvgIpc) is 3.27. The molecule has 0 aliphatic carbocycles. The lowest BCUT2D eigenvalue weighted by Gasteiger charge is -2.13. The van der Waals surface area contributed by atoms with Crippen LogP contribution in [0.3, 0.4) is 0 Å². The van der Waals surface area contributed by atoms with Gasteiger partial charge in [-0.05, 0) is 48.4 Å². The summed E-state index contributed by atoms with van der Waals surface area (Å²) in [5, 5.41) is 13.9. The zero-order chi connectivity index (χ0) is 24.0. The predicted octanol–water partition coefficient (Wildman–Crippen LogP) is 6.10. The number of nitrogens with zero attached hydrogens (tertiary/aromatic N) is 2. The smallest absolute Gasteiger partial charge is 0.416 e. The van der Waals surface area contributed by atoms with Crippen molar-refractivity contribution in [2.75, 3.05) is 26.1 Å². The Labute approximate surface area is 191 Å². The fourth-order valence-corrected chi connectivity index (χ4v) is 3.68. The van der Waals surface area contributed by atoms with Gasteiger partial charge in [-0.3, -0.25) is 15.1 Å². The number of aliphatic imine (C=N–C) groups is 1. The van der Waals surface area contributed by atoms with E-state index in [1.807, 2.05) is 12.1 Å². The molecule has 33 heavy (non-hydrogen) atoms. The lowest BCUT2D eigenvalue weighted by atomic mass is 10.1. The number of ether oxygens (including phenoxy) is 2. The van der Waals surface area contributed by atoms with Crippen LogP contribution >= 0.6 is 11.3 Å². The third-order valence-corrected chi connectivity index (χ3v) is 5.60. The molecule has 0 unspecified atom stereocenters. The first-order chi connectivity index (χ1) is 15.7. The van der Waals surface area contributed by atoms with E-state index in [1.165, 1.54) is 31.5 Å². The molecule has 3 aromatic rings. The second kappa shape index (κ2) is 10.3. The molecular weight excluding hydrogens is 459 g/mol. The summed E-state index contributed by atoms with van der Waals surface area (Å²) in [7, 11) is 3.08. The van der Waals surface area contributed by atoms with Crippen molar-refractivity contribution in [1.82, 2.24) is 0 Å². The average molecular weight is 479 g/mol. The van der Waals surface area contributed by atoms with Gasteiger partial charge in [0, 0.05) is 18.8 Å². The standard InChI is InChI=1S/C22H20F3N3O4S/c1-31-19-7-3-14(11-20(19)32-2)9-10-26-17-6-4-15(22(23,24)25)12-18(17)27-13-16-5-8-21(33-16)28(29)30/h3-8,11-13,26H,9-10H2,1-2H3. The zero-order valence-corrected chi connectivity index (χ0v) is 18.5. The molecule has 0 saturated heterocycles. The van der Waals surface area contributed by atoms with Gasteiger partial charge in [-0.25, -0.2) is 0 Å². The summed E-state index contributed by atoms with van der Waals surface area (Å²) in [6, 6.07) is 11.5. The molecule has 0 spiro atoms. The Morgan fingerprint density at radius 2 is 1.85 bits per heavy atom. The quantitative estimate of drug-likeness (QED) is 0.228. The van der Waals surface area contributed by atoms with E-state index < -0.39 is 16.7 Å². The monoisotopic (exact) mass is 479 g/mol. The molecule has 0 aliphatic heterocycles. The lowest BCUT2D eigenvalue weighted by Crippen LogP contribution is -2.08. The first-order valence-corrected chi connectivity index (χ1v) is 10.5. The largest absolute Gasteiger partial charge is 0.493 e. The number of alkyl halides is 3. The van der Waals surface area contributed by atoms with Crippen LogP contribution in [0.1, 0.15) is 16.0 Å². The molecule has 1 heterocycles. The highest BCUT2D eigenvalue weighted by molar-refractivity contribution is 7.16. The summed E-state index contributed by atoms with van der Waals surface area (Å²) in [4.78, 5) is 14.9. The highest BCUT2D eigenvalue weighted by Crippen LogP contribution is 2.36. The highest BCUT2D eigenvalue weighted by Gasteiger charge is 2.31. The maximum Gasteiger partial charge on any atom is 0.416 e. The predicted molar refractivity (Wildman–Crippen MR) is 121 cm³/mol. The molecule has 1 N–H and O–H groups in total. The second-order valence-electron chi connectivity index (χ2n) is 6.79. The third-order valence-electron chi connectivity index (χ3n) is 4.63. The summed E-state index contributed by atoms with van der Waals surface area (Å²) < 4.78 is 50.1. The Morgan fingerprint density at radius 3 is 2.48 bits per heavy atom.